The zero-order chi connectivity index (χ0) is 76.1. The van der Waals surface area contributed by atoms with Gasteiger partial charge in [0, 0.05) is 57.6 Å². The molecule has 0 aliphatic carbocycles. The zero-order valence-electron chi connectivity index (χ0n) is 56.2. The molecular formula is C76H77Cl6F4N3O11S2. The first-order chi connectivity index (χ1) is 48.1. The molecule has 7 aromatic carbocycles. The predicted molar refractivity (Wildman–Crippen MR) is 405 cm³/mol. The number of carboxylic acid groups (broad SMARTS) is 2. The molecule has 0 saturated carbocycles. The van der Waals surface area contributed by atoms with Gasteiger partial charge in [-0.15, -0.1) is 45.9 Å². The van der Waals surface area contributed by atoms with Gasteiger partial charge in [0.2, 0.25) is 6.17 Å². The van der Waals surface area contributed by atoms with E-state index in [0.717, 1.165) is 44.7 Å². The van der Waals surface area contributed by atoms with Crippen molar-refractivity contribution in [1.29, 1.82) is 0 Å². The Morgan fingerprint density at radius 1 is 0.451 bits per heavy atom. The van der Waals surface area contributed by atoms with Gasteiger partial charge in [0.05, 0.1) is 5.34 Å². The van der Waals surface area contributed by atoms with Crippen molar-refractivity contribution in [2.45, 2.75) is 116 Å². The smallest absolute Gasteiger partial charge is 0.342 e. The predicted octanol–water partition coefficient (Wildman–Crippen LogP) is 19.5. The third kappa shape index (κ3) is 34.7. The molecule has 2 aromatic heterocycles. The third-order valence-electron chi connectivity index (χ3n) is 13.1. The Morgan fingerprint density at radius 3 is 1.06 bits per heavy atom. The van der Waals surface area contributed by atoms with Crippen molar-refractivity contribution < 1.29 is 70.8 Å². The van der Waals surface area contributed by atoms with E-state index < -0.39 is 82.2 Å². The van der Waals surface area contributed by atoms with E-state index in [1.165, 1.54) is 11.3 Å². The van der Waals surface area contributed by atoms with Gasteiger partial charge in [0.15, 0.2) is 18.5 Å². The molecule has 2 heterocycles. The lowest BCUT2D eigenvalue weighted by Gasteiger charge is -2.20. The Kier molecular flexibility index (Phi) is 39.5. The molecule has 5 unspecified atom stereocenters. The molecule has 14 nitrogen and oxygen atoms in total. The highest BCUT2D eigenvalue weighted by Gasteiger charge is 2.29. The molecule has 0 radical (unpaired) electrons. The number of carbonyl (C=O) groups excluding carboxylic acids is 5. The number of anilines is 2. The minimum atomic E-state index is -1.80. The standard InChI is InChI=1S/C24H23ClFNO3S.C15H16ClNO2S.2C9H8ClFO.C9H9FO2.C9H11NO2.CH2Cl2/c1-24(2,3)30-23(29)20-18(16-9-11-17(25)12-10-16)14-31-22(20)27-21(28)19(26)13-15-7-5-4-6-8-15;1-15(2,3)19-14(18)12-11(8-20-13(12)17)9-4-6-10(16)7-5-9;2*10-9(12)8(11)6-7-4-2-1-3-5-7;2*10-8(9(11)12)6-7-4-2-1-3-5-7;2-1-3/h4-12,14,19H,13H2,1-3H3,(H,27,28);4-8H,17H2,1-3H3;2*1-5,8H,6H2;1-5,8H,6H2,(H,11,12);1-5,8H,6,10H2,(H,11,12);1H2. The Morgan fingerprint density at radius 2 is 0.745 bits per heavy atom. The van der Waals surface area contributed by atoms with Crippen LogP contribution < -0.4 is 16.8 Å². The van der Waals surface area contributed by atoms with Crippen molar-refractivity contribution in [3.8, 4) is 22.3 Å². The van der Waals surface area contributed by atoms with E-state index in [0.29, 0.717) is 43.7 Å². The van der Waals surface area contributed by atoms with Crippen LogP contribution in [0.25, 0.3) is 22.3 Å². The summed E-state index contributed by atoms with van der Waals surface area (Å²) in [5.41, 5.74) is 17.5. The number of rotatable bonds is 20. The van der Waals surface area contributed by atoms with Crippen molar-refractivity contribution in [1.82, 2.24) is 0 Å². The maximum atomic E-state index is 14.6. The number of nitrogens with one attached hydrogen (secondary N) is 1. The number of hydrogen-bond donors (Lipinski definition) is 5. The number of nitrogen functional groups attached to an aromatic ring is 1. The van der Waals surface area contributed by atoms with Gasteiger partial charge in [0.1, 0.15) is 38.4 Å². The highest BCUT2D eigenvalue weighted by molar-refractivity contribution is 7.15. The first-order valence-corrected chi connectivity index (χ1v) is 35.2. The summed E-state index contributed by atoms with van der Waals surface area (Å²) >= 11 is 33.8. The minimum absolute atomic E-state index is 0.0517. The number of carboxylic acids is 2. The zero-order valence-corrected chi connectivity index (χ0v) is 62.3. The van der Waals surface area contributed by atoms with Crippen LogP contribution in [-0.4, -0.2) is 97.8 Å². The Balaban J connectivity index is 0.000000331. The lowest BCUT2D eigenvalue weighted by atomic mass is 10.0. The first kappa shape index (κ1) is 88.1. The maximum Gasteiger partial charge on any atom is 0.342 e. The number of alkyl halides is 6. The van der Waals surface area contributed by atoms with E-state index >= 15 is 0 Å². The average Bonchev–Trinajstić information content (AvgIpc) is 1.65. The van der Waals surface area contributed by atoms with Crippen LogP contribution in [0, 0.1) is 0 Å². The third-order valence-corrected chi connectivity index (χ3v) is 15.7. The lowest BCUT2D eigenvalue weighted by Crippen LogP contribution is -2.32. The molecule has 0 saturated heterocycles. The number of aliphatic carboxylic acids is 2. The fourth-order valence-corrected chi connectivity index (χ4v) is 10.5. The summed E-state index contributed by atoms with van der Waals surface area (Å²) in [4.78, 5) is 78.9. The Hall–Kier alpha value is -8.15. The number of halogens is 10. The number of benzene rings is 7. The molecule has 9 aromatic rings. The molecule has 544 valence electrons. The summed E-state index contributed by atoms with van der Waals surface area (Å²) in [5, 5.41) is 23.2. The number of hydrogen-bond acceptors (Lipinski definition) is 13. The SMILES string of the molecule is CC(C)(C)OC(=O)c1c(-c2ccc(Cl)cc2)csc1N.CC(C)(C)OC(=O)c1c(-c2ccc(Cl)cc2)csc1NC(=O)C(F)Cc1ccccc1.ClCCl.NC(Cc1ccccc1)C(=O)O.O=C(Cl)C(F)Cc1ccccc1.O=C(Cl)C(F)Cc1ccccc1.O=C(O)C(F)Cc1ccccc1. The summed E-state index contributed by atoms with van der Waals surface area (Å²) in [6.07, 6.45) is -6.34. The number of esters is 2. The van der Waals surface area contributed by atoms with E-state index in [4.69, 9.17) is 101 Å². The maximum absolute atomic E-state index is 14.6. The normalized spacial score (nSPS) is 12.0. The van der Waals surface area contributed by atoms with Crippen LogP contribution >= 0.6 is 92.3 Å². The number of nitrogens with two attached hydrogens (primary N) is 2. The molecule has 0 aliphatic heterocycles. The Labute approximate surface area is 628 Å². The summed E-state index contributed by atoms with van der Waals surface area (Å²) in [6.45, 7) is 10.8. The average molecular weight is 1560 g/mol. The van der Waals surface area contributed by atoms with Crippen LogP contribution in [0.15, 0.2) is 211 Å². The van der Waals surface area contributed by atoms with Crippen molar-refractivity contribution in [2.24, 2.45) is 5.73 Å². The fraction of sp³-hybridized carbons (Fsp3) is 0.250. The van der Waals surface area contributed by atoms with E-state index in [1.807, 2.05) is 86.8 Å². The second-order valence-electron chi connectivity index (χ2n) is 23.6. The van der Waals surface area contributed by atoms with Crippen molar-refractivity contribution >= 4 is 143 Å². The summed E-state index contributed by atoms with van der Waals surface area (Å²) in [6, 6.07) is 58.3. The molecule has 7 N–H and O–H groups in total. The molecule has 0 spiro atoms. The number of thiophene rings is 2. The van der Waals surface area contributed by atoms with Crippen LogP contribution in [0.1, 0.15) is 90.1 Å². The first-order valence-electron chi connectivity index (χ1n) is 30.9. The molecule has 5 atom stereocenters. The fourth-order valence-electron chi connectivity index (χ4n) is 8.35. The lowest BCUT2D eigenvalue weighted by molar-refractivity contribution is -0.142. The second kappa shape index (κ2) is 45.8. The topological polar surface area (TPSA) is 242 Å². The van der Waals surface area contributed by atoms with Gasteiger partial charge >= 0.3 is 23.9 Å². The van der Waals surface area contributed by atoms with Gasteiger partial charge in [-0.05, 0) is 134 Å². The molecule has 0 fully saturated rings. The van der Waals surface area contributed by atoms with E-state index in [2.05, 4.69) is 5.32 Å². The molecular weight excluding hydrogens is 1480 g/mol. The number of carbonyl (C=O) groups is 7. The quantitative estimate of drug-likeness (QED) is 0.0207. The number of ether oxygens (including phenoxy) is 2. The van der Waals surface area contributed by atoms with Gasteiger partial charge in [-0.1, -0.05) is 199 Å². The highest BCUT2D eigenvalue weighted by Crippen LogP contribution is 2.38. The van der Waals surface area contributed by atoms with Crippen LogP contribution in [-0.2, 0) is 65.6 Å². The van der Waals surface area contributed by atoms with Gasteiger partial charge in [0.25, 0.3) is 16.4 Å². The summed E-state index contributed by atoms with van der Waals surface area (Å²) in [5.74, 6) is -4.16. The molecule has 9 rings (SSSR count). The van der Waals surface area contributed by atoms with Crippen LogP contribution in [0.5, 0.6) is 0 Å². The molecule has 1 amide bonds. The minimum Gasteiger partial charge on any atom is -0.480 e. The largest absolute Gasteiger partial charge is 0.480 e. The van der Waals surface area contributed by atoms with Crippen molar-refractivity contribution in [3.05, 3.63) is 260 Å². The van der Waals surface area contributed by atoms with Crippen molar-refractivity contribution in [2.75, 3.05) is 16.4 Å². The Bertz CT molecular complexity index is 3780. The summed E-state index contributed by atoms with van der Waals surface area (Å²) < 4.78 is 63.6. The number of amides is 1. The second-order valence-corrected chi connectivity index (χ2v) is 27.8. The van der Waals surface area contributed by atoms with Crippen LogP contribution in [0.3, 0.4) is 0 Å². The van der Waals surface area contributed by atoms with Gasteiger partial charge in [-0.25, -0.2) is 31.9 Å². The van der Waals surface area contributed by atoms with Crippen molar-refractivity contribution in [3.63, 3.8) is 0 Å². The molecule has 102 heavy (non-hydrogen) atoms. The molecule has 0 bridgehead atoms. The molecule has 26 heteroatoms. The van der Waals surface area contributed by atoms with E-state index in [-0.39, 0.29) is 41.6 Å². The van der Waals surface area contributed by atoms with Gasteiger partial charge < -0.3 is 36.5 Å². The van der Waals surface area contributed by atoms with Gasteiger partial charge in [-0.3, -0.25) is 19.2 Å². The highest BCUT2D eigenvalue weighted by atomic mass is 35.5. The van der Waals surface area contributed by atoms with E-state index in [1.54, 1.807) is 166 Å². The van der Waals surface area contributed by atoms with Crippen LogP contribution in [0.4, 0.5) is 27.6 Å². The van der Waals surface area contributed by atoms with Crippen LogP contribution in [0.2, 0.25) is 10.0 Å². The summed E-state index contributed by atoms with van der Waals surface area (Å²) in [7, 11) is 0. The monoisotopic (exact) mass is 1560 g/mol. The molecule has 0 aliphatic rings. The van der Waals surface area contributed by atoms with Gasteiger partial charge in [-0.2, -0.15) is 0 Å². The van der Waals surface area contributed by atoms with E-state index in [9.17, 15) is 51.1 Å².